The number of rotatable bonds is 5. The smallest absolute Gasteiger partial charge is 0.408 e. The van der Waals surface area contributed by atoms with Crippen molar-refractivity contribution in [3.05, 3.63) is 0 Å². The molecule has 2 unspecified atom stereocenters. The van der Waals surface area contributed by atoms with Crippen molar-refractivity contribution in [2.45, 2.75) is 52.3 Å². The summed E-state index contributed by atoms with van der Waals surface area (Å²) < 4.78 is 5.09. The molecule has 1 amide bonds. The quantitative estimate of drug-likeness (QED) is 0.619. The Labute approximate surface area is 97.9 Å². The van der Waals surface area contributed by atoms with Crippen LogP contribution < -0.4 is 16.8 Å². The zero-order valence-corrected chi connectivity index (χ0v) is 10.7. The summed E-state index contributed by atoms with van der Waals surface area (Å²) in [6.45, 7) is 8.14. The lowest BCUT2D eigenvalue weighted by atomic mass is 10.1. The fourth-order valence-electron chi connectivity index (χ4n) is 1.11. The van der Waals surface area contributed by atoms with Crippen LogP contribution in [0.3, 0.4) is 0 Å². The van der Waals surface area contributed by atoms with E-state index in [1.54, 1.807) is 0 Å². The van der Waals surface area contributed by atoms with Crippen molar-refractivity contribution in [2.75, 3.05) is 6.54 Å². The Kier molecular flexibility index (Phi) is 6.36. The minimum absolute atomic E-state index is 0.371. The van der Waals surface area contributed by atoms with Gasteiger partial charge in [0.05, 0.1) is 6.17 Å². The van der Waals surface area contributed by atoms with Crippen molar-refractivity contribution < 1.29 is 9.53 Å². The SMILES string of the molecule is CC(CN)CCC(N)NC(=O)OC(C)(C)C. The van der Waals surface area contributed by atoms with Gasteiger partial charge in [-0.25, -0.2) is 4.79 Å². The van der Waals surface area contributed by atoms with Crippen molar-refractivity contribution in [3.8, 4) is 0 Å². The molecule has 0 aromatic heterocycles. The Balaban J connectivity index is 3.79. The number of nitrogens with one attached hydrogen (secondary N) is 1. The third-order valence-electron chi connectivity index (χ3n) is 2.07. The van der Waals surface area contributed by atoms with E-state index in [2.05, 4.69) is 12.2 Å². The molecule has 0 fully saturated rings. The molecule has 0 aromatic carbocycles. The van der Waals surface area contributed by atoms with Crippen LogP contribution in [0.4, 0.5) is 4.79 Å². The summed E-state index contributed by atoms with van der Waals surface area (Å²) >= 11 is 0. The molecule has 0 bridgehead atoms. The summed E-state index contributed by atoms with van der Waals surface area (Å²) in [4.78, 5) is 11.3. The molecule has 0 aromatic rings. The van der Waals surface area contributed by atoms with E-state index in [1.807, 2.05) is 20.8 Å². The molecule has 0 saturated carbocycles. The van der Waals surface area contributed by atoms with Gasteiger partial charge in [0.1, 0.15) is 5.60 Å². The number of nitrogens with two attached hydrogens (primary N) is 2. The van der Waals surface area contributed by atoms with Crippen molar-refractivity contribution in [3.63, 3.8) is 0 Å². The summed E-state index contributed by atoms with van der Waals surface area (Å²) in [5.41, 5.74) is 10.7. The Morgan fingerprint density at radius 2 is 1.94 bits per heavy atom. The standard InChI is InChI=1S/C11H25N3O2/c1-8(7-12)5-6-9(13)14-10(15)16-11(2,3)4/h8-9H,5-7,12-13H2,1-4H3,(H,14,15). The maximum Gasteiger partial charge on any atom is 0.408 e. The molecule has 5 heteroatoms. The van der Waals surface area contributed by atoms with E-state index in [0.29, 0.717) is 18.9 Å². The van der Waals surface area contributed by atoms with E-state index >= 15 is 0 Å². The molecular formula is C11H25N3O2. The molecule has 0 spiro atoms. The first-order chi connectivity index (χ1) is 7.24. The van der Waals surface area contributed by atoms with Crippen LogP contribution in [-0.4, -0.2) is 24.4 Å². The highest BCUT2D eigenvalue weighted by Crippen LogP contribution is 2.08. The van der Waals surface area contributed by atoms with Gasteiger partial charge in [-0.2, -0.15) is 0 Å². The Hall–Kier alpha value is -0.810. The predicted octanol–water partition coefficient (Wildman–Crippen LogP) is 1.17. The molecule has 0 aliphatic rings. The average Bonchev–Trinajstić information content (AvgIpc) is 2.10. The van der Waals surface area contributed by atoms with Crippen LogP contribution in [-0.2, 0) is 4.74 Å². The molecule has 0 heterocycles. The summed E-state index contributed by atoms with van der Waals surface area (Å²) in [6.07, 6.45) is 0.759. The molecule has 5 nitrogen and oxygen atoms in total. The van der Waals surface area contributed by atoms with Gasteiger partial charge in [0, 0.05) is 0 Å². The molecule has 2 atom stereocenters. The van der Waals surface area contributed by atoms with E-state index < -0.39 is 11.7 Å². The molecule has 0 saturated heterocycles. The molecule has 0 aliphatic heterocycles. The lowest BCUT2D eigenvalue weighted by Gasteiger charge is -2.22. The predicted molar refractivity (Wildman–Crippen MR) is 64.8 cm³/mol. The van der Waals surface area contributed by atoms with Crippen molar-refractivity contribution in [1.82, 2.24) is 5.32 Å². The summed E-state index contributed by atoms with van der Waals surface area (Å²) in [7, 11) is 0. The van der Waals surface area contributed by atoms with Gasteiger partial charge in [0.25, 0.3) is 0 Å². The van der Waals surface area contributed by atoms with Crippen LogP contribution in [0.2, 0.25) is 0 Å². The number of amides is 1. The van der Waals surface area contributed by atoms with Gasteiger partial charge in [0.15, 0.2) is 0 Å². The maximum atomic E-state index is 11.3. The van der Waals surface area contributed by atoms with Gasteiger partial charge < -0.3 is 21.5 Å². The number of carbonyl (C=O) groups is 1. The largest absolute Gasteiger partial charge is 0.444 e. The molecule has 0 rings (SSSR count). The maximum absolute atomic E-state index is 11.3. The number of hydrogen-bond donors (Lipinski definition) is 3. The van der Waals surface area contributed by atoms with Crippen molar-refractivity contribution in [2.24, 2.45) is 17.4 Å². The average molecular weight is 231 g/mol. The van der Waals surface area contributed by atoms with Gasteiger partial charge in [-0.3, -0.25) is 0 Å². The fourth-order valence-corrected chi connectivity index (χ4v) is 1.11. The van der Waals surface area contributed by atoms with E-state index in [-0.39, 0.29) is 6.17 Å². The lowest BCUT2D eigenvalue weighted by Crippen LogP contribution is -2.44. The molecule has 0 radical (unpaired) electrons. The van der Waals surface area contributed by atoms with Crippen LogP contribution in [0.1, 0.15) is 40.5 Å². The van der Waals surface area contributed by atoms with E-state index in [0.717, 1.165) is 6.42 Å². The second-order valence-corrected chi connectivity index (χ2v) is 5.17. The topological polar surface area (TPSA) is 90.4 Å². The van der Waals surface area contributed by atoms with Crippen molar-refractivity contribution in [1.29, 1.82) is 0 Å². The molecule has 5 N–H and O–H groups in total. The lowest BCUT2D eigenvalue weighted by molar-refractivity contribution is 0.0502. The zero-order chi connectivity index (χ0) is 12.8. The Morgan fingerprint density at radius 1 is 1.38 bits per heavy atom. The second-order valence-electron chi connectivity index (χ2n) is 5.17. The number of hydrogen-bond acceptors (Lipinski definition) is 4. The Bertz CT molecular complexity index is 214. The molecule has 16 heavy (non-hydrogen) atoms. The van der Waals surface area contributed by atoms with Gasteiger partial charge in [-0.05, 0) is 46.1 Å². The van der Waals surface area contributed by atoms with Crippen molar-refractivity contribution >= 4 is 6.09 Å². The second kappa shape index (κ2) is 6.70. The highest BCUT2D eigenvalue weighted by Gasteiger charge is 2.17. The third kappa shape index (κ3) is 8.49. The first-order valence-corrected chi connectivity index (χ1v) is 5.69. The first-order valence-electron chi connectivity index (χ1n) is 5.69. The van der Waals surface area contributed by atoms with E-state index in [4.69, 9.17) is 16.2 Å². The summed E-state index contributed by atoms with van der Waals surface area (Å²) in [5.74, 6) is 0.423. The molecule has 96 valence electrons. The van der Waals surface area contributed by atoms with Crippen LogP contribution >= 0.6 is 0 Å². The monoisotopic (exact) mass is 231 g/mol. The first kappa shape index (κ1) is 15.2. The van der Waals surface area contributed by atoms with Gasteiger partial charge in [-0.15, -0.1) is 0 Å². The number of alkyl carbamates (subject to hydrolysis) is 1. The fraction of sp³-hybridized carbons (Fsp3) is 0.909. The van der Waals surface area contributed by atoms with Crippen LogP contribution in [0.15, 0.2) is 0 Å². The highest BCUT2D eigenvalue weighted by atomic mass is 16.6. The minimum atomic E-state index is -0.492. The normalized spacial score (nSPS) is 15.4. The Morgan fingerprint density at radius 3 is 2.38 bits per heavy atom. The number of ether oxygens (including phenoxy) is 1. The van der Waals surface area contributed by atoms with Gasteiger partial charge in [-0.1, -0.05) is 6.92 Å². The number of carbonyl (C=O) groups excluding carboxylic acids is 1. The van der Waals surface area contributed by atoms with Gasteiger partial charge >= 0.3 is 6.09 Å². The summed E-state index contributed by atoms with van der Waals surface area (Å²) in [5, 5.41) is 2.59. The van der Waals surface area contributed by atoms with Crippen LogP contribution in [0.5, 0.6) is 0 Å². The summed E-state index contributed by atoms with van der Waals surface area (Å²) in [6, 6.07) is 0. The van der Waals surface area contributed by atoms with E-state index in [1.165, 1.54) is 0 Å². The minimum Gasteiger partial charge on any atom is -0.444 e. The van der Waals surface area contributed by atoms with Crippen LogP contribution in [0, 0.1) is 5.92 Å². The molecule has 0 aliphatic carbocycles. The zero-order valence-electron chi connectivity index (χ0n) is 10.7. The van der Waals surface area contributed by atoms with E-state index in [9.17, 15) is 4.79 Å². The third-order valence-corrected chi connectivity index (χ3v) is 2.07. The molecular weight excluding hydrogens is 206 g/mol. The van der Waals surface area contributed by atoms with Gasteiger partial charge in [0.2, 0.25) is 0 Å². The van der Waals surface area contributed by atoms with Crippen LogP contribution in [0.25, 0.3) is 0 Å². The highest BCUT2D eigenvalue weighted by molar-refractivity contribution is 5.67.